The maximum atomic E-state index is 5.17. The van der Waals surface area contributed by atoms with Gasteiger partial charge in [0.1, 0.15) is 0 Å². The van der Waals surface area contributed by atoms with Crippen molar-refractivity contribution >= 4 is 21.4 Å². The minimum atomic E-state index is 0.199. The molecule has 17 heavy (non-hydrogen) atoms. The maximum absolute atomic E-state index is 5.17. The lowest BCUT2D eigenvalue weighted by Crippen LogP contribution is -2.16. The lowest BCUT2D eigenvalue weighted by molar-refractivity contribution is 0.558. The Hall–Kier alpha value is -1.58. The standard InChI is InChI=1S/C14H13NOS/c1-15-14(10-6-7-16-8-10)12-9-17-13-5-3-2-4-11(12)13/h2-9,14-15H,1H3. The average Bonchev–Trinajstić information content (AvgIpc) is 3.01. The van der Waals surface area contributed by atoms with E-state index in [9.17, 15) is 0 Å². The van der Waals surface area contributed by atoms with Gasteiger partial charge in [-0.05, 0) is 35.5 Å². The fourth-order valence-electron chi connectivity index (χ4n) is 2.16. The summed E-state index contributed by atoms with van der Waals surface area (Å²) in [6, 6.07) is 10.7. The third kappa shape index (κ3) is 1.77. The number of furan rings is 1. The van der Waals surface area contributed by atoms with Crippen LogP contribution >= 0.6 is 11.3 Å². The average molecular weight is 243 g/mol. The molecular weight excluding hydrogens is 230 g/mol. The number of thiophene rings is 1. The second-order valence-corrected chi connectivity index (χ2v) is 4.88. The van der Waals surface area contributed by atoms with Crippen molar-refractivity contribution in [3.63, 3.8) is 0 Å². The van der Waals surface area contributed by atoms with Crippen LogP contribution in [0.5, 0.6) is 0 Å². The Kier molecular flexibility index (Phi) is 2.71. The van der Waals surface area contributed by atoms with E-state index in [4.69, 9.17) is 4.42 Å². The first kappa shape index (κ1) is 10.6. The predicted molar refractivity (Wildman–Crippen MR) is 71.4 cm³/mol. The first-order valence-electron chi connectivity index (χ1n) is 5.55. The zero-order valence-corrected chi connectivity index (χ0v) is 10.3. The fourth-order valence-corrected chi connectivity index (χ4v) is 3.15. The number of fused-ring (bicyclic) bond motifs is 1. The summed E-state index contributed by atoms with van der Waals surface area (Å²) in [7, 11) is 1.98. The van der Waals surface area contributed by atoms with E-state index in [1.807, 2.05) is 13.1 Å². The molecule has 3 rings (SSSR count). The summed E-state index contributed by atoms with van der Waals surface area (Å²) in [5, 5.41) is 6.88. The zero-order valence-electron chi connectivity index (χ0n) is 9.51. The van der Waals surface area contributed by atoms with Crippen molar-refractivity contribution in [2.45, 2.75) is 6.04 Å². The monoisotopic (exact) mass is 243 g/mol. The molecule has 1 aromatic carbocycles. The minimum absolute atomic E-state index is 0.199. The minimum Gasteiger partial charge on any atom is -0.472 e. The van der Waals surface area contributed by atoms with Gasteiger partial charge in [0.05, 0.1) is 18.6 Å². The number of hydrogen-bond donors (Lipinski definition) is 1. The van der Waals surface area contributed by atoms with E-state index >= 15 is 0 Å². The molecule has 0 saturated heterocycles. The molecule has 0 saturated carbocycles. The Morgan fingerprint density at radius 3 is 2.88 bits per heavy atom. The molecule has 0 aliphatic rings. The van der Waals surface area contributed by atoms with Crippen LogP contribution < -0.4 is 5.32 Å². The molecule has 2 nitrogen and oxygen atoms in total. The van der Waals surface area contributed by atoms with Crippen molar-refractivity contribution in [3.8, 4) is 0 Å². The van der Waals surface area contributed by atoms with Gasteiger partial charge in [0.2, 0.25) is 0 Å². The van der Waals surface area contributed by atoms with Crippen molar-refractivity contribution in [2.75, 3.05) is 7.05 Å². The highest BCUT2D eigenvalue weighted by atomic mass is 32.1. The maximum Gasteiger partial charge on any atom is 0.0953 e. The molecule has 0 amide bonds. The fraction of sp³-hybridized carbons (Fsp3) is 0.143. The quantitative estimate of drug-likeness (QED) is 0.757. The van der Waals surface area contributed by atoms with Crippen molar-refractivity contribution < 1.29 is 4.42 Å². The molecule has 3 aromatic rings. The normalized spacial score (nSPS) is 13.0. The van der Waals surface area contributed by atoms with Crippen LogP contribution in [0.2, 0.25) is 0 Å². The SMILES string of the molecule is CNC(c1ccoc1)c1csc2ccccc12. The topological polar surface area (TPSA) is 25.2 Å². The molecule has 3 heteroatoms. The molecule has 2 aromatic heterocycles. The molecular formula is C14H13NOS. The molecule has 0 bridgehead atoms. The Labute approximate surface area is 104 Å². The van der Waals surface area contributed by atoms with Crippen molar-refractivity contribution in [3.05, 3.63) is 59.4 Å². The summed E-state index contributed by atoms with van der Waals surface area (Å²) in [6.07, 6.45) is 3.52. The van der Waals surface area contributed by atoms with Gasteiger partial charge in [-0.3, -0.25) is 0 Å². The summed E-state index contributed by atoms with van der Waals surface area (Å²) in [5.41, 5.74) is 2.48. The molecule has 0 fully saturated rings. The van der Waals surface area contributed by atoms with Gasteiger partial charge in [0.25, 0.3) is 0 Å². The van der Waals surface area contributed by atoms with Crippen molar-refractivity contribution in [2.24, 2.45) is 0 Å². The molecule has 0 radical (unpaired) electrons. The highest BCUT2D eigenvalue weighted by molar-refractivity contribution is 7.17. The van der Waals surface area contributed by atoms with Crippen LogP contribution in [0.25, 0.3) is 10.1 Å². The largest absolute Gasteiger partial charge is 0.472 e. The lowest BCUT2D eigenvalue weighted by atomic mass is 10.0. The first-order valence-corrected chi connectivity index (χ1v) is 6.43. The van der Waals surface area contributed by atoms with Gasteiger partial charge in [-0.15, -0.1) is 11.3 Å². The van der Waals surface area contributed by atoms with Crippen molar-refractivity contribution in [1.29, 1.82) is 0 Å². The molecule has 0 aliphatic heterocycles. The highest BCUT2D eigenvalue weighted by Gasteiger charge is 2.16. The van der Waals surface area contributed by atoms with Gasteiger partial charge in [0.15, 0.2) is 0 Å². The molecule has 1 unspecified atom stereocenters. The Morgan fingerprint density at radius 1 is 1.24 bits per heavy atom. The molecule has 0 aliphatic carbocycles. The Balaban J connectivity index is 2.13. The molecule has 2 heterocycles. The lowest BCUT2D eigenvalue weighted by Gasteiger charge is -2.13. The third-order valence-corrected chi connectivity index (χ3v) is 3.97. The smallest absolute Gasteiger partial charge is 0.0953 e. The van der Waals surface area contributed by atoms with Gasteiger partial charge < -0.3 is 9.73 Å². The van der Waals surface area contributed by atoms with Gasteiger partial charge >= 0.3 is 0 Å². The Morgan fingerprint density at radius 2 is 2.12 bits per heavy atom. The van der Waals surface area contributed by atoms with E-state index in [1.54, 1.807) is 23.9 Å². The van der Waals surface area contributed by atoms with E-state index in [0.29, 0.717) is 0 Å². The highest BCUT2D eigenvalue weighted by Crippen LogP contribution is 2.33. The molecule has 1 atom stereocenters. The molecule has 1 N–H and O–H groups in total. The van der Waals surface area contributed by atoms with Crippen LogP contribution in [0.3, 0.4) is 0 Å². The summed E-state index contributed by atoms with van der Waals surface area (Å²) >= 11 is 1.78. The van der Waals surface area contributed by atoms with Crippen LogP contribution in [-0.4, -0.2) is 7.05 Å². The van der Waals surface area contributed by atoms with E-state index in [1.165, 1.54) is 15.6 Å². The summed E-state index contributed by atoms with van der Waals surface area (Å²) in [5.74, 6) is 0. The summed E-state index contributed by atoms with van der Waals surface area (Å²) in [4.78, 5) is 0. The van der Waals surface area contributed by atoms with Crippen molar-refractivity contribution in [1.82, 2.24) is 5.32 Å². The van der Waals surface area contributed by atoms with E-state index in [2.05, 4.69) is 35.0 Å². The third-order valence-electron chi connectivity index (χ3n) is 2.99. The van der Waals surface area contributed by atoms with Gasteiger partial charge in [-0.2, -0.15) is 0 Å². The summed E-state index contributed by atoms with van der Waals surface area (Å²) in [6.45, 7) is 0. The predicted octanol–water partition coefficient (Wildman–Crippen LogP) is 3.80. The van der Waals surface area contributed by atoms with Crippen LogP contribution in [0.4, 0.5) is 0 Å². The van der Waals surface area contributed by atoms with E-state index in [-0.39, 0.29) is 6.04 Å². The molecule has 0 spiro atoms. The number of benzene rings is 1. The Bertz CT molecular complexity index is 612. The second-order valence-electron chi connectivity index (χ2n) is 3.97. The number of hydrogen-bond acceptors (Lipinski definition) is 3. The number of rotatable bonds is 3. The van der Waals surface area contributed by atoms with Crippen LogP contribution in [-0.2, 0) is 0 Å². The van der Waals surface area contributed by atoms with Crippen LogP contribution in [0.1, 0.15) is 17.2 Å². The van der Waals surface area contributed by atoms with Gasteiger partial charge in [0, 0.05) is 10.3 Å². The van der Waals surface area contributed by atoms with Gasteiger partial charge in [-0.1, -0.05) is 18.2 Å². The number of nitrogens with one attached hydrogen (secondary N) is 1. The van der Waals surface area contributed by atoms with Crippen LogP contribution in [0.15, 0.2) is 52.7 Å². The molecule has 86 valence electrons. The second kappa shape index (κ2) is 4.35. The van der Waals surface area contributed by atoms with Crippen LogP contribution in [0, 0.1) is 0 Å². The zero-order chi connectivity index (χ0) is 11.7. The van der Waals surface area contributed by atoms with Gasteiger partial charge in [-0.25, -0.2) is 0 Å². The first-order chi connectivity index (χ1) is 8.40. The summed E-state index contributed by atoms with van der Waals surface area (Å²) < 4.78 is 6.50. The van der Waals surface area contributed by atoms with E-state index in [0.717, 1.165) is 5.56 Å². The van der Waals surface area contributed by atoms with E-state index < -0.39 is 0 Å².